The number of nitrogens with two attached hydrogens (primary N) is 1. The molecule has 0 aliphatic carbocycles. The second-order valence-electron chi connectivity index (χ2n) is 6.39. The standard InChI is InChI=1S/C19H22ClN3O2S2/c1-2-8-23-9-7-14-15(10-23)27-19(17(14)18(21)25)22-16(24)11-26-13-5-3-12(20)4-6-13/h3-6H,2,7-11H2,1H3,(H2,21,25)(H,22,24). The SMILES string of the molecule is CCCN1CCc2c(sc(NC(=O)CSc3ccc(Cl)cc3)c2C(N)=O)C1. The first kappa shape index (κ1) is 20.2. The van der Waals surface area contributed by atoms with E-state index in [-0.39, 0.29) is 11.7 Å². The van der Waals surface area contributed by atoms with Gasteiger partial charge in [0.25, 0.3) is 5.91 Å². The third kappa shape index (κ3) is 5.04. The van der Waals surface area contributed by atoms with Crippen LogP contribution in [-0.2, 0) is 17.8 Å². The Hall–Kier alpha value is -1.54. The number of primary amides is 1. The van der Waals surface area contributed by atoms with E-state index < -0.39 is 5.91 Å². The number of carbonyl (C=O) groups excluding carboxylic acids is 2. The van der Waals surface area contributed by atoms with E-state index in [0.717, 1.165) is 47.8 Å². The molecule has 8 heteroatoms. The predicted molar refractivity (Wildman–Crippen MR) is 113 cm³/mol. The van der Waals surface area contributed by atoms with Gasteiger partial charge in [0.15, 0.2) is 0 Å². The third-order valence-electron chi connectivity index (χ3n) is 4.36. The molecule has 0 bridgehead atoms. The van der Waals surface area contributed by atoms with Gasteiger partial charge in [0.1, 0.15) is 5.00 Å². The van der Waals surface area contributed by atoms with Crippen LogP contribution in [0.4, 0.5) is 5.00 Å². The molecule has 2 aromatic rings. The molecule has 0 fully saturated rings. The summed E-state index contributed by atoms with van der Waals surface area (Å²) in [6, 6.07) is 7.34. The number of nitrogens with zero attached hydrogens (tertiary/aromatic N) is 1. The van der Waals surface area contributed by atoms with Crippen molar-refractivity contribution in [2.24, 2.45) is 5.73 Å². The van der Waals surface area contributed by atoms with Crippen LogP contribution in [0.15, 0.2) is 29.2 Å². The number of nitrogens with one attached hydrogen (secondary N) is 1. The Balaban J connectivity index is 1.69. The fraction of sp³-hybridized carbons (Fsp3) is 0.368. The molecule has 2 heterocycles. The summed E-state index contributed by atoms with van der Waals surface area (Å²) in [5.41, 5.74) is 7.10. The first-order chi connectivity index (χ1) is 13.0. The van der Waals surface area contributed by atoms with Crippen LogP contribution >= 0.6 is 34.7 Å². The van der Waals surface area contributed by atoms with E-state index >= 15 is 0 Å². The number of carbonyl (C=O) groups is 2. The van der Waals surface area contributed by atoms with E-state index in [0.29, 0.717) is 15.6 Å². The summed E-state index contributed by atoms with van der Waals surface area (Å²) in [6.07, 6.45) is 1.88. The van der Waals surface area contributed by atoms with Gasteiger partial charge in [-0.25, -0.2) is 0 Å². The van der Waals surface area contributed by atoms with Crippen LogP contribution in [0.1, 0.15) is 34.1 Å². The molecule has 0 atom stereocenters. The average Bonchev–Trinajstić information content (AvgIpc) is 2.98. The zero-order chi connectivity index (χ0) is 19.4. The zero-order valence-electron chi connectivity index (χ0n) is 15.1. The van der Waals surface area contributed by atoms with Crippen LogP contribution in [0.2, 0.25) is 5.02 Å². The molecule has 0 unspecified atom stereocenters. The van der Waals surface area contributed by atoms with Crippen molar-refractivity contribution in [1.29, 1.82) is 0 Å². The molecule has 3 rings (SSSR count). The molecule has 0 saturated heterocycles. The van der Waals surface area contributed by atoms with Gasteiger partial charge in [-0.1, -0.05) is 18.5 Å². The largest absolute Gasteiger partial charge is 0.365 e. The zero-order valence-corrected chi connectivity index (χ0v) is 17.5. The molecule has 0 spiro atoms. The Morgan fingerprint density at radius 3 is 2.74 bits per heavy atom. The Morgan fingerprint density at radius 2 is 2.07 bits per heavy atom. The molecule has 144 valence electrons. The lowest BCUT2D eigenvalue weighted by Crippen LogP contribution is -2.31. The number of benzene rings is 1. The summed E-state index contributed by atoms with van der Waals surface area (Å²) >= 11 is 8.77. The van der Waals surface area contributed by atoms with Crippen LogP contribution in [0, 0.1) is 0 Å². The lowest BCUT2D eigenvalue weighted by molar-refractivity contribution is -0.113. The summed E-state index contributed by atoms with van der Waals surface area (Å²) < 4.78 is 0. The van der Waals surface area contributed by atoms with E-state index in [9.17, 15) is 9.59 Å². The van der Waals surface area contributed by atoms with Gasteiger partial charge in [0, 0.05) is 27.9 Å². The van der Waals surface area contributed by atoms with Crippen molar-refractivity contribution in [2.75, 3.05) is 24.2 Å². The van der Waals surface area contributed by atoms with Crippen LogP contribution < -0.4 is 11.1 Å². The number of rotatable bonds is 7. The predicted octanol–water partition coefficient (Wildman–Crippen LogP) is 4.00. The van der Waals surface area contributed by atoms with Crippen molar-refractivity contribution in [2.45, 2.75) is 31.2 Å². The van der Waals surface area contributed by atoms with Gasteiger partial charge in [-0.15, -0.1) is 23.1 Å². The summed E-state index contributed by atoms with van der Waals surface area (Å²) in [4.78, 5) is 28.9. The van der Waals surface area contributed by atoms with Gasteiger partial charge in [0.05, 0.1) is 11.3 Å². The van der Waals surface area contributed by atoms with Crippen LogP contribution in [0.3, 0.4) is 0 Å². The molecule has 0 radical (unpaired) electrons. The Morgan fingerprint density at radius 1 is 1.33 bits per heavy atom. The number of fused-ring (bicyclic) bond motifs is 1. The average molecular weight is 424 g/mol. The topological polar surface area (TPSA) is 75.4 Å². The second kappa shape index (κ2) is 9.10. The number of thiophene rings is 1. The van der Waals surface area contributed by atoms with Crippen molar-refractivity contribution in [1.82, 2.24) is 4.90 Å². The highest BCUT2D eigenvalue weighted by Gasteiger charge is 2.27. The normalized spacial score (nSPS) is 14.0. The minimum Gasteiger partial charge on any atom is -0.365 e. The molecule has 1 aromatic heterocycles. The minimum absolute atomic E-state index is 0.151. The highest BCUT2D eigenvalue weighted by Crippen LogP contribution is 2.37. The van der Waals surface area contributed by atoms with E-state index in [1.54, 1.807) is 12.1 Å². The molecule has 1 aliphatic heterocycles. The monoisotopic (exact) mass is 423 g/mol. The fourth-order valence-electron chi connectivity index (χ4n) is 3.15. The molecule has 0 saturated carbocycles. The number of thioether (sulfide) groups is 1. The minimum atomic E-state index is -0.475. The highest BCUT2D eigenvalue weighted by atomic mass is 35.5. The van der Waals surface area contributed by atoms with Crippen molar-refractivity contribution in [3.63, 3.8) is 0 Å². The van der Waals surface area contributed by atoms with Crippen molar-refractivity contribution in [3.05, 3.63) is 45.3 Å². The molecule has 27 heavy (non-hydrogen) atoms. The molecule has 1 aromatic carbocycles. The van der Waals surface area contributed by atoms with Gasteiger partial charge in [0.2, 0.25) is 5.91 Å². The fourth-order valence-corrected chi connectivity index (χ4v) is 5.29. The van der Waals surface area contributed by atoms with Gasteiger partial charge in [-0.2, -0.15) is 0 Å². The first-order valence-corrected chi connectivity index (χ1v) is 11.0. The Labute approximate surface area is 172 Å². The van der Waals surface area contributed by atoms with Crippen LogP contribution in [-0.4, -0.2) is 35.6 Å². The smallest absolute Gasteiger partial charge is 0.251 e. The second-order valence-corrected chi connectivity index (χ2v) is 8.98. The van der Waals surface area contributed by atoms with Crippen molar-refractivity contribution in [3.8, 4) is 0 Å². The number of hydrogen-bond donors (Lipinski definition) is 2. The molecule has 2 amide bonds. The van der Waals surface area contributed by atoms with Crippen LogP contribution in [0.5, 0.6) is 0 Å². The van der Waals surface area contributed by atoms with Crippen molar-refractivity contribution >= 4 is 51.5 Å². The Kier molecular flexibility index (Phi) is 6.81. The molecular formula is C19H22ClN3O2S2. The number of hydrogen-bond acceptors (Lipinski definition) is 5. The summed E-state index contributed by atoms with van der Waals surface area (Å²) in [5, 5.41) is 4.13. The molecule has 3 N–H and O–H groups in total. The van der Waals surface area contributed by atoms with Gasteiger partial charge < -0.3 is 11.1 Å². The van der Waals surface area contributed by atoms with Gasteiger partial charge >= 0.3 is 0 Å². The number of amides is 2. The number of halogens is 1. The highest BCUT2D eigenvalue weighted by molar-refractivity contribution is 8.00. The molecule has 5 nitrogen and oxygen atoms in total. The summed E-state index contributed by atoms with van der Waals surface area (Å²) in [6.45, 7) is 4.91. The van der Waals surface area contributed by atoms with Crippen molar-refractivity contribution < 1.29 is 9.59 Å². The van der Waals surface area contributed by atoms with Gasteiger partial charge in [-0.3, -0.25) is 14.5 Å². The first-order valence-electron chi connectivity index (χ1n) is 8.82. The Bertz CT molecular complexity index is 836. The lowest BCUT2D eigenvalue weighted by Gasteiger charge is -2.26. The molecule has 1 aliphatic rings. The maximum atomic E-state index is 12.4. The molecular weight excluding hydrogens is 402 g/mol. The van der Waals surface area contributed by atoms with E-state index in [1.807, 2.05) is 12.1 Å². The summed E-state index contributed by atoms with van der Waals surface area (Å²) in [7, 11) is 0. The number of anilines is 1. The summed E-state index contributed by atoms with van der Waals surface area (Å²) in [5.74, 6) is -0.372. The van der Waals surface area contributed by atoms with E-state index in [1.165, 1.54) is 23.1 Å². The van der Waals surface area contributed by atoms with Crippen LogP contribution in [0.25, 0.3) is 0 Å². The maximum Gasteiger partial charge on any atom is 0.251 e. The maximum absolute atomic E-state index is 12.4. The van der Waals surface area contributed by atoms with E-state index in [2.05, 4.69) is 17.1 Å². The van der Waals surface area contributed by atoms with E-state index in [4.69, 9.17) is 17.3 Å². The lowest BCUT2D eigenvalue weighted by atomic mass is 10.0. The van der Waals surface area contributed by atoms with Gasteiger partial charge in [-0.05, 0) is 49.2 Å². The third-order valence-corrected chi connectivity index (χ3v) is 6.75. The quantitative estimate of drug-likeness (QED) is 0.660.